The van der Waals surface area contributed by atoms with Gasteiger partial charge < -0.3 is 9.15 Å². The Labute approximate surface area is 192 Å². The standard InChI is InChI=1S/C28H25NO4/c1-3-4-16-32-21-13-11-19(12-14-21)25-24-26(30)22-17-18(2)10-15-23(22)33-27(24)28(31)29(25)20-8-6-5-7-9-20/h5-15,17,25H,3-4,16H2,1-2H3. The van der Waals surface area contributed by atoms with E-state index in [0.717, 1.165) is 29.7 Å². The molecule has 1 aliphatic heterocycles. The van der Waals surface area contributed by atoms with Crippen LogP contribution >= 0.6 is 0 Å². The monoisotopic (exact) mass is 439 g/mol. The summed E-state index contributed by atoms with van der Waals surface area (Å²) in [4.78, 5) is 28.9. The van der Waals surface area contributed by atoms with Crippen molar-refractivity contribution in [1.82, 2.24) is 0 Å². The van der Waals surface area contributed by atoms with Crippen molar-refractivity contribution in [3.63, 3.8) is 0 Å². The quantitative estimate of drug-likeness (QED) is 0.344. The number of hydrogen-bond donors (Lipinski definition) is 0. The van der Waals surface area contributed by atoms with Gasteiger partial charge in [-0.25, -0.2) is 0 Å². The molecule has 1 unspecified atom stereocenters. The molecule has 0 bridgehead atoms. The van der Waals surface area contributed by atoms with Gasteiger partial charge in [-0.1, -0.05) is 55.3 Å². The van der Waals surface area contributed by atoms with Gasteiger partial charge in [0.05, 0.1) is 23.6 Å². The average Bonchev–Trinajstić information content (AvgIpc) is 3.13. The van der Waals surface area contributed by atoms with Crippen LogP contribution in [0.1, 0.15) is 53.1 Å². The predicted molar refractivity (Wildman–Crippen MR) is 129 cm³/mol. The Morgan fingerprint density at radius 1 is 0.970 bits per heavy atom. The van der Waals surface area contributed by atoms with Gasteiger partial charge in [0.2, 0.25) is 5.76 Å². The summed E-state index contributed by atoms with van der Waals surface area (Å²) in [6, 6.07) is 21.9. The highest BCUT2D eigenvalue weighted by atomic mass is 16.5. The van der Waals surface area contributed by atoms with Crippen molar-refractivity contribution in [1.29, 1.82) is 0 Å². The molecular weight excluding hydrogens is 414 g/mol. The van der Waals surface area contributed by atoms with Crippen LogP contribution in [-0.4, -0.2) is 12.5 Å². The van der Waals surface area contributed by atoms with Crippen LogP contribution in [0.4, 0.5) is 5.69 Å². The Morgan fingerprint density at radius 3 is 2.45 bits per heavy atom. The predicted octanol–water partition coefficient (Wildman–Crippen LogP) is 6.03. The zero-order chi connectivity index (χ0) is 22.9. The van der Waals surface area contributed by atoms with Crippen molar-refractivity contribution >= 4 is 22.6 Å². The number of rotatable bonds is 6. The second-order valence-corrected chi connectivity index (χ2v) is 8.36. The average molecular weight is 440 g/mol. The first-order valence-electron chi connectivity index (χ1n) is 11.3. The van der Waals surface area contributed by atoms with E-state index in [1.807, 2.05) is 73.7 Å². The summed E-state index contributed by atoms with van der Waals surface area (Å²) >= 11 is 0. The van der Waals surface area contributed by atoms with E-state index in [1.165, 1.54) is 0 Å². The number of aryl methyl sites for hydroxylation is 1. The first kappa shape index (κ1) is 21.0. The van der Waals surface area contributed by atoms with Gasteiger partial charge in [-0.15, -0.1) is 0 Å². The normalized spacial score (nSPS) is 15.2. The molecule has 0 N–H and O–H groups in total. The molecule has 5 nitrogen and oxygen atoms in total. The number of hydrogen-bond acceptors (Lipinski definition) is 4. The molecule has 0 spiro atoms. The summed E-state index contributed by atoms with van der Waals surface area (Å²) < 4.78 is 11.8. The van der Waals surface area contributed by atoms with E-state index in [9.17, 15) is 9.59 Å². The van der Waals surface area contributed by atoms with Gasteiger partial charge in [-0.05, 0) is 55.3 Å². The molecule has 5 rings (SSSR count). The Kier molecular flexibility index (Phi) is 5.47. The maximum Gasteiger partial charge on any atom is 0.295 e. The van der Waals surface area contributed by atoms with Crippen LogP contribution in [0.5, 0.6) is 5.75 Å². The third kappa shape index (κ3) is 3.69. The van der Waals surface area contributed by atoms with Crippen LogP contribution in [0.3, 0.4) is 0 Å². The SMILES string of the molecule is CCCCOc1ccc(C2c3c(oc4ccc(C)cc4c3=O)C(=O)N2c2ccccc2)cc1. The third-order valence-electron chi connectivity index (χ3n) is 6.02. The van der Waals surface area contributed by atoms with Gasteiger partial charge in [-0.2, -0.15) is 0 Å². The molecule has 1 amide bonds. The number of anilines is 1. The van der Waals surface area contributed by atoms with Gasteiger partial charge in [0.25, 0.3) is 5.91 Å². The minimum absolute atomic E-state index is 0.105. The maximum absolute atomic E-state index is 13.7. The van der Waals surface area contributed by atoms with Gasteiger partial charge in [0.15, 0.2) is 5.43 Å². The molecule has 3 aromatic carbocycles. The lowest BCUT2D eigenvalue weighted by atomic mass is 9.98. The summed E-state index contributed by atoms with van der Waals surface area (Å²) in [6.07, 6.45) is 2.05. The van der Waals surface area contributed by atoms with Crippen LogP contribution in [0, 0.1) is 6.92 Å². The van der Waals surface area contributed by atoms with E-state index >= 15 is 0 Å². The van der Waals surface area contributed by atoms with E-state index in [-0.39, 0.29) is 17.1 Å². The Bertz CT molecular complexity index is 1370. The second kappa shape index (κ2) is 8.58. The minimum Gasteiger partial charge on any atom is -0.494 e. The van der Waals surface area contributed by atoms with E-state index < -0.39 is 6.04 Å². The highest BCUT2D eigenvalue weighted by molar-refractivity contribution is 6.10. The molecule has 33 heavy (non-hydrogen) atoms. The van der Waals surface area contributed by atoms with E-state index in [2.05, 4.69) is 6.92 Å². The number of carbonyl (C=O) groups is 1. The largest absolute Gasteiger partial charge is 0.494 e. The third-order valence-corrected chi connectivity index (χ3v) is 6.02. The second-order valence-electron chi connectivity index (χ2n) is 8.36. The van der Waals surface area contributed by atoms with Crippen molar-refractivity contribution in [3.05, 3.63) is 105 Å². The molecule has 1 atom stereocenters. The maximum atomic E-state index is 13.7. The molecule has 0 fully saturated rings. The summed E-state index contributed by atoms with van der Waals surface area (Å²) in [5.74, 6) is 0.557. The lowest BCUT2D eigenvalue weighted by molar-refractivity contribution is 0.0971. The van der Waals surface area contributed by atoms with Crippen LogP contribution < -0.4 is 15.1 Å². The number of benzene rings is 3. The first-order chi connectivity index (χ1) is 16.1. The number of nitrogens with zero attached hydrogens (tertiary/aromatic N) is 1. The van der Waals surface area contributed by atoms with Gasteiger partial charge in [-0.3, -0.25) is 14.5 Å². The molecule has 2 heterocycles. The van der Waals surface area contributed by atoms with Crippen molar-refractivity contribution in [3.8, 4) is 5.75 Å². The van der Waals surface area contributed by atoms with Crippen LogP contribution in [0.25, 0.3) is 11.0 Å². The molecule has 5 heteroatoms. The smallest absolute Gasteiger partial charge is 0.295 e. The lowest BCUT2D eigenvalue weighted by Gasteiger charge is -2.25. The number of ether oxygens (including phenoxy) is 1. The van der Waals surface area contributed by atoms with E-state index in [4.69, 9.17) is 9.15 Å². The molecule has 1 aliphatic rings. The first-order valence-corrected chi connectivity index (χ1v) is 11.3. The Morgan fingerprint density at radius 2 is 1.73 bits per heavy atom. The minimum atomic E-state index is -0.583. The number of carbonyl (C=O) groups excluding carboxylic acids is 1. The van der Waals surface area contributed by atoms with E-state index in [1.54, 1.807) is 11.0 Å². The fraction of sp³-hybridized carbons (Fsp3) is 0.214. The summed E-state index contributed by atoms with van der Waals surface area (Å²) in [7, 11) is 0. The fourth-order valence-corrected chi connectivity index (χ4v) is 4.34. The molecule has 0 aliphatic carbocycles. The molecule has 4 aromatic rings. The topological polar surface area (TPSA) is 59.8 Å². The van der Waals surface area contributed by atoms with Crippen LogP contribution in [0.15, 0.2) is 82.0 Å². The van der Waals surface area contributed by atoms with Crippen molar-refractivity contribution in [2.45, 2.75) is 32.7 Å². The molecule has 0 saturated carbocycles. The van der Waals surface area contributed by atoms with Gasteiger partial charge >= 0.3 is 0 Å². The fourth-order valence-electron chi connectivity index (χ4n) is 4.34. The van der Waals surface area contributed by atoms with Gasteiger partial charge in [0.1, 0.15) is 11.3 Å². The lowest BCUT2D eigenvalue weighted by Crippen LogP contribution is -2.29. The van der Waals surface area contributed by atoms with E-state index in [0.29, 0.717) is 28.8 Å². The summed E-state index contributed by atoms with van der Waals surface area (Å²) in [6.45, 7) is 4.71. The highest BCUT2D eigenvalue weighted by Crippen LogP contribution is 2.41. The zero-order valence-corrected chi connectivity index (χ0v) is 18.7. The summed E-state index contributed by atoms with van der Waals surface area (Å²) in [5, 5.41) is 0.487. The number of fused-ring (bicyclic) bond motifs is 2. The zero-order valence-electron chi connectivity index (χ0n) is 18.7. The molecular formula is C28H25NO4. The number of unbranched alkanes of at least 4 members (excludes halogenated alkanes) is 1. The highest BCUT2D eigenvalue weighted by Gasteiger charge is 2.43. The Balaban J connectivity index is 1.67. The van der Waals surface area contributed by atoms with Crippen molar-refractivity contribution < 1.29 is 13.9 Å². The van der Waals surface area contributed by atoms with Gasteiger partial charge in [0, 0.05) is 5.69 Å². The summed E-state index contributed by atoms with van der Waals surface area (Å²) in [5.41, 5.74) is 3.13. The number of amides is 1. The Hall–Kier alpha value is -3.86. The van der Waals surface area contributed by atoms with Crippen molar-refractivity contribution in [2.24, 2.45) is 0 Å². The van der Waals surface area contributed by atoms with Crippen molar-refractivity contribution in [2.75, 3.05) is 11.5 Å². The molecule has 0 saturated heterocycles. The molecule has 166 valence electrons. The van der Waals surface area contributed by atoms with Crippen LogP contribution in [0.2, 0.25) is 0 Å². The molecule has 0 radical (unpaired) electrons. The molecule has 1 aromatic heterocycles. The van der Waals surface area contributed by atoms with Crippen LogP contribution in [-0.2, 0) is 0 Å². The number of para-hydroxylation sites is 1.